The highest BCUT2D eigenvalue weighted by molar-refractivity contribution is 6.30. The molecule has 1 aliphatic rings. The van der Waals surface area contributed by atoms with Crippen LogP contribution in [-0.4, -0.2) is 37.0 Å². The molecule has 0 radical (unpaired) electrons. The van der Waals surface area contributed by atoms with Crippen molar-refractivity contribution in [2.75, 3.05) is 31.1 Å². The minimum absolute atomic E-state index is 0.0622. The second-order valence-corrected chi connectivity index (χ2v) is 6.73. The summed E-state index contributed by atoms with van der Waals surface area (Å²) in [5.74, 6) is -0.376. The number of halogens is 4. The number of anilines is 1. The van der Waals surface area contributed by atoms with Crippen molar-refractivity contribution in [3.05, 3.63) is 64.2 Å². The normalized spacial score (nSPS) is 15.3. The van der Waals surface area contributed by atoms with Gasteiger partial charge in [-0.15, -0.1) is 0 Å². The highest BCUT2D eigenvalue weighted by Crippen LogP contribution is 2.30. The summed E-state index contributed by atoms with van der Waals surface area (Å²) in [7, 11) is 0. The number of hydrogen-bond donors (Lipinski definition) is 0. The Morgan fingerprint density at radius 3 is 2.38 bits per heavy atom. The van der Waals surface area contributed by atoms with E-state index in [0.29, 0.717) is 31.2 Å². The van der Waals surface area contributed by atoms with E-state index in [0.717, 1.165) is 23.4 Å². The molecule has 2 aromatic rings. The third-order valence-electron chi connectivity index (χ3n) is 4.52. The first-order chi connectivity index (χ1) is 12.3. The monoisotopic (exact) mass is 382 g/mol. The Morgan fingerprint density at radius 1 is 1.04 bits per heavy atom. The molecule has 26 heavy (non-hydrogen) atoms. The van der Waals surface area contributed by atoms with Crippen molar-refractivity contribution in [2.24, 2.45) is 0 Å². The molecule has 3 nitrogen and oxygen atoms in total. The maximum Gasteiger partial charge on any atom is 0.416 e. The van der Waals surface area contributed by atoms with Gasteiger partial charge in [0.15, 0.2) is 0 Å². The Hall–Kier alpha value is -2.21. The summed E-state index contributed by atoms with van der Waals surface area (Å²) < 4.78 is 38.5. The zero-order valence-electron chi connectivity index (χ0n) is 14.2. The van der Waals surface area contributed by atoms with Gasteiger partial charge in [-0.05, 0) is 42.8 Å². The number of piperazine rings is 1. The van der Waals surface area contributed by atoms with Gasteiger partial charge in [0.05, 0.1) is 5.56 Å². The third kappa shape index (κ3) is 3.96. The van der Waals surface area contributed by atoms with Crippen molar-refractivity contribution < 1.29 is 18.0 Å². The highest BCUT2D eigenvalue weighted by atomic mass is 35.5. The predicted octanol–water partition coefficient (Wildman–Crippen LogP) is 4.63. The summed E-state index contributed by atoms with van der Waals surface area (Å²) in [4.78, 5) is 16.3. The lowest BCUT2D eigenvalue weighted by Crippen LogP contribution is -2.49. The SMILES string of the molecule is Cc1ccc(Cl)cc1N1CCN(C(=O)c2cccc(C(F)(F)F)c2)CC1. The molecule has 0 saturated carbocycles. The molecule has 0 aromatic heterocycles. The van der Waals surface area contributed by atoms with Crippen LogP contribution in [-0.2, 0) is 6.18 Å². The number of alkyl halides is 3. The smallest absolute Gasteiger partial charge is 0.368 e. The third-order valence-corrected chi connectivity index (χ3v) is 4.75. The van der Waals surface area contributed by atoms with Gasteiger partial charge in [0.2, 0.25) is 0 Å². The van der Waals surface area contributed by atoms with Crippen LogP contribution in [0.2, 0.25) is 5.02 Å². The fraction of sp³-hybridized carbons (Fsp3) is 0.316. The lowest BCUT2D eigenvalue weighted by Gasteiger charge is -2.37. The molecule has 0 N–H and O–H groups in total. The first-order valence-electron chi connectivity index (χ1n) is 8.23. The maximum atomic E-state index is 12.8. The van der Waals surface area contributed by atoms with Crippen LogP contribution in [0.4, 0.5) is 18.9 Å². The highest BCUT2D eigenvalue weighted by Gasteiger charge is 2.31. The van der Waals surface area contributed by atoms with E-state index in [1.54, 1.807) is 4.90 Å². The fourth-order valence-corrected chi connectivity index (χ4v) is 3.25. The maximum absolute atomic E-state index is 12.8. The van der Waals surface area contributed by atoms with Crippen molar-refractivity contribution in [1.29, 1.82) is 0 Å². The van der Waals surface area contributed by atoms with Crippen LogP contribution in [0.1, 0.15) is 21.5 Å². The number of benzene rings is 2. The van der Waals surface area contributed by atoms with Gasteiger partial charge < -0.3 is 9.80 Å². The van der Waals surface area contributed by atoms with Gasteiger partial charge in [-0.25, -0.2) is 0 Å². The number of rotatable bonds is 2. The van der Waals surface area contributed by atoms with Crippen LogP contribution in [0.5, 0.6) is 0 Å². The summed E-state index contributed by atoms with van der Waals surface area (Å²) in [6.45, 7) is 4.09. The molecule has 0 unspecified atom stereocenters. The van der Waals surface area contributed by atoms with E-state index in [-0.39, 0.29) is 11.5 Å². The number of carbonyl (C=O) groups is 1. The number of aryl methyl sites for hydroxylation is 1. The molecule has 2 aromatic carbocycles. The van der Waals surface area contributed by atoms with Crippen molar-refractivity contribution in [3.8, 4) is 0 Å². The molecule has 138 valence electrons. The van der Waals surface area contributed by atoms with Crippen LogP contribution in [0.3, 0.4) is 0 Å². The van der Waals surface area contributed by atoms with Gasteiger partial charge in [0.1, 0.15) is 0 Å². The van der Waals surface area contributed by atoms with Crippen LogP contribution in [0, 0.1) is 6.92 Å². The van der Waals surface area contributed by atoms with Crippen molar-refractivity contribution >= 4 is 23.2 Å². The largest absolute Gasteiger partial charge is 0.416 e. The summed E-state index contributed by atoms with van der Waals surface area (Å²) in [6, 6.07) is 10.2. The lowest BCUT2D eigenvalue weighted by molar-refractivity contribution is -0.137. The summed E-state index contributed by atoms with van der Waals surface area (Å²) in [5, 5.41) is 0.646. The molecule has 1 aliphatic heterocycles. The second-order valence-electron chi connectivity index (χ2n) is 6.29. The van der Waals surface area contributed by atoms with Gasteiger partial charge in [-0.1, -0.05) is 23.7 Å². The molecule has 7 heteroatoms. The minimum atomic E-state index is -4.46. The molecule has 0 aliphatic carbocycles. The Morgan fingerprint density at radius 2 is 1.73 bits per heavy atom. The van der Waals surface area contributed by atoms with E-state index in [1.165, 1.54) is 12.1 Å². The second kappa shape index (κ2) is 7.19. The predicted molar refractivity (Wildman–Crippen MR) is 95.7 cm³/mol. The molecule has 3 rings (SSSR count). The lowest BCUT2D eigenvalue weighted by atomic mass is 10.1. The van der Waals surface area contributed by atoms with Gasteiger partial charge in [0.25, 0.3) is 5.91 Å². The first-order valence-corrected chi connectivity index (χ1v) is 8.61. The molecule has 1 fully saturated rings. The first kappa shape index (κ1) is 18.6. The fourth-order valence-electron chi connectivity index (χ4n) is 3.08. The number of amides is 1. The summed E-state index contributed by atoms with van der Waals surface area (Å²) >= 11 is 6.06. The molecule has 0 spiro atoms. The molecule has 0 bridgehead atoms. The van der Waals surface area contributed by atoms with Crippen molar-refractivity contribution in [1.82, 2.24) is 4.90 Å². The van der Waals surface area contributed by atoms with E-state index in [9.17, 15) is 18.0 Å². The van der Waals surface area contributed by atoms with Crippen molar-refractivity contribution in [2.45, 2.75) is 13.1 Å². The standard InChI is InChI=1S/C19H18ClF3N2O/c1-13-5-6-16(20)12-17(13)24-7-9-25(10-8-24)18(26)14-3-2-4-15(11-14)19(21,22)23/h2-6,11-12H,7-10H2,1H3. The number of nitrogens with zero attached hydrogens (tertiary/aromatic N) is 2. The average molecular weight is 383 g/mol. The Kier molecular flexibility index (Phi) is 5.14. The summed E-state index contributed by atoms with van der Waals surface area (Å²) in [5.41, 5.74) is 1.36. The van der Waals surface area contributed by atoms with Gasteiger partial charge >= 0.3 is 6.18 Å². The van der Waals surface area contributed by atoms with Crippen molar-refractivity contribution in [3.63, 3.8) is 0 Å². The van der Waals surface area contributed by atoms with E-state index in [4.69, 9.17) is 11.6 Å². The molecule has 1 saturated heterocycles. The molecule has 1 heterocycles. The molecule has 1 amide bonds. The van der Waals surface area contributed by atoms with E-state index in [2.05, 4.69) is 4.90 Å². The Labute approximate surface area is 155 Å². The van der Waals surface area contributed by atoms with Crippen LogP contribution in [0.25, 0.3) is 0 Å². The molecule has 0 atom stereocenters. The summed E-state index contributed by atoms with van der Waals surface area (Å²) in [6.07, 6.45) is -4.46. The molecular formula is C19H18ClF3N2O. The van der Waals surface area contributed by atoms with Gasteiger partial charge in [-0.3, -0.25) is 4.79 Å². The number of hydrogen-bond acceptors (Lipinski definition) is 2. The van der Waals surface area contributed by atoms with Crippen LogP contribution in [0.15, 0.2) is 42.5 Å². The minimum Gasteiger partial charge on any atom is -0.368 e. The Balaban J connectivity index is 1.70. The van der Waals surface area contributed by atoms with E-state index >= 15 is 0 Å². The zero-order chi connectivity index (χ0) is 18.9. The van der Waals surface area contributed by atoms with Crippen LogP contribution < -0.4 is 4.90 Å². The quantitative estimate of drug-likeness (QED) is 0.756. The topological polar surface area (TPSA) is 23.6 Å². The zero-order valence-corrected chi connectivity index (χ0v) is 14.9. The Bertz CT molecular complexity index is 815. The van der Waals surface area contributed by atoms with Gasteiger partial charge in [-0.2, -0.15) is 13.2 Å². The number of carbonyl (C=O) groups excluding carboxylic acids is 1. The van der Waals surface area contributed by atoms with E-state index < -0.39 is 11.7 Å². The van der Waals surface area contributed by atoms with Crippen LogP contribution >= 0.6 is 11.6 Å². The molecular weight excluding hydrogens is 365 g/mol. The van der Waals surface area contributed by atoms with Gasteiger partial charge in [0, 0.05) is 42.5 Å². The van der Waals surface area contributed by atoms with E-state index in [1.807, 2.05) is 25.1 Å². The average Bonchev–Trinajstić information content (AvgIpc) is 2.63.